The lowest BCUT2D eigenvalue weighted by atomic mass is 9.83. The molecule has 8 heteroatoms. The number of piperazine rings is 1. The number of nitrogens with two attached hydrogens (primary N) is 1. The van der Waals surface area contributed by atoms with E-state index in [1.807, 2.05) is 11.9 Å². The predicted octanol–water partition coefficient (Wildman–Crippen LogP) is 0.919. The third kappa shape index (κ3) is 3.13. The third-order valence-corrected chi connectivity index (χ3v) is 5.84. The molecular weight excluding hydrogens is 330 g/mol. The van der Waals surface area contributed by atoms with Crippen LogP contribution in [-0.4, -0.2) is 62.8 Å². The molecule has 0 unspecified atom stereocenters. The number of hydrogen-bond acceptors (Lipinski definition) is 6. The molecule has 4 rings (SSSR count). The first-order valence-electron chi connectivity index (χ1n) is 9.57. The topological polar surface area (TPSA) is 93.2 Å². The van der Waals surface area contributed by atoms with E-state index in [4.69, 9.17) is 5.73 Å². The summed E-state index contributed by atoms with van der Waals surface area (Å²) < 4.78 is 1.75. The second kappa shape index (κ2) is 7.19. The second-order valence-corrected chi connectivity index (χ2v) is 7.44. The molecule has 0 radical (unpaired) electrons. The monoisotopic (exact) mass is 357 g/mol. The van der Waals surface area contributed by atoms with E-state index in [2.05, 4.69) is 20.0 Å². The fourth-order valence-corrected chi connectivity index (χ4v) is 4.25. The number of hydrogen-bond donors (Lipinski definition) is 1. The highest BCUT2D eigenvalue weighted by atomic mass is 16.2. The van der Waals surface area contributed by atoms with E-state index in [0.29, 0.717) is 19.0 Å². The molecule has 2 aliphatic rings. The molecule has 2 N–H and O–H groups in total. The van der Waals surface area contributed by atoms with Crippen LogP contribution in [0.5, 0.6) is 0 Å². The quantitative estimate of drug-likeness (QED) is 0.878. The number of carbonyl (C=O) groups is 1. The maximum atomic E-state index is 12.8. The van der Waals surface area contributed by atoms with Crippen molar-refractivity contribution in [2.45, 2.75) is 38.1 Å². The fraction of sp³-hybridized carbons (Fsp3) is 0.667. The lowest BCUT2D eigenvalue weighted by molar-refractivity contribution is -0.134. The highest BCUT2D eigenvalue weighted by molar-refractivity contribution is 5.87. The summed E-state index contributed by atoms with van der Waals surface area (Å²) in [6.07, 6.45) is 9.25. The van der Waals surface area contributed by atoms with Gasteiger partial charge in [0.25, 0.3) is 0 Å². The smallest absolute Gasteiger partial charge is 0.239 e. The van der Waals surface area contributed by atoms with E-state index in [1.54, 1.807) is 17.2 Å². The minimum absolute atomic E-state index is 0.116. The average molecular weight is 357 g/mol. The molecule has 26 heavy (non-hydrogen) atoms. The molecule has 8 nitrogen and oxygen atoms in total. The summed E-state index contributed by atoms with van der Waals surface area (Å²) in [5.41, 5.74) is 7.14. The number of anilines is 1. The molecule has 2 fully saturated rings. The largest absolute Gasteiger partial charge is 0.352 e. The van der Waals surface area contributed by atoms with Crippen molar-refractivity contribution in [1.82, 2.24) is 24.6 Å². The van der Waals surface area contributed by atoms with E-state index in [9.17, 15) is 4.79 Å². The minimum Gasteiger partial charge on any atom is -0.352 e. The summed E-state index contributed by atoms with van der Waals surface area (Å²) in [6.45, 7) is 2.88. The number of nitrogens with zero attached hydrogens (tertiary/aromatic N) is 6. The van der Waals surface area contributed by atoms with Crippen LogP contribution in [0.2, 0.25) is 0 Å². The summed E-state index contributed by atoms with van der Waals surface area (Å²) >= 11 is 0. The van der Waals surface area contributed by atoms with Crippen LogP contribution < -0.4 is 10.6 Å². The summed E-state index contributed by atoms with van der Waals surface area (Å²) in [7, 11) is 1.88. The van der Waals surface area contributed by atoms with Gasteiger partial charge in [0, 0.05) is 33.2 Å². The Morgan fingerprint density at radius 3 is 2.62 bits per heavy atom. The highest BCUT2D eigenvalue weighted by Gasteiger charge is 2.31. The van der Waals surface area contributed by atoms with Gasteiger partial charge in [-0.05, 0) is 18.8 Å². The van der Waals surface area contributed by atoms with Gasteiger partial charge in [0.05, 0.1) is 17.6 Å². The molecule has 2 aromatic heterocycles. The average Bonchev–Trinajstić information content (AvgIpc) is 3.09. The zero-order valence-corrected chi connectivity index (χ0v) is 15.3. The van der Waals surface area contributed by atoms with E-state index >= 15 is 0 Å². The van der Waals surface area contributed by atoms with Gasteiger partial charge in [0.15, 0.2) is 5.65 Å². The molecule has 0 spiro atoms. The van der Waals surface area contributed by atoms with Crippen molar-refractivity contribution < 1.29 is 4.79 Å². The Bertz CT molecular complexity index is 775. The first-order valence-corrected chi connectivity index (χ1v) is 9.57. The van der Waals surface area contributed by atoms with Crippen molar-refractivity contribution in [2.24, 2.45) is 18.7 Å². The number of carbonyl (C=O) groups excluding carboxylic acids is 1. The van der Waals surface area contributed by atoms with Crippen LogP contribution in [0.3, 0.4) is 0 Å². The first-order chi connectivity index (χ1) is 12.6. The van der Waals surface area contributed by atoms with Gasteiger partial charge in [0.2, 0.25) is 5.91 Å². The third-order valence-electron chi connectivity index (χ3n) is 5.84. The Labute approximate surface area is 153 Å². The van der Waals surface area contributed by atoms with Crippen LogP contribution >= 0.6 is 0 Å². The Balaban J connectivity index is 1.41. The van der Waals surface area contributed by atoms with E-state index in [-0.39, 0.29) is 11.9 Å². The molecule has 1 aliphatic carbocycles. The van der Waals surface area contributed by atoms with Gasteiger partial charge in [0.1, 0.15) is 12.1 Å². The maximum absolute atomic E-state index is 12.8. The fourth-order valence-electron chi connectivity index (χ4n) is 4.25. The summed E-state index contributed by atoms with van der Waals surface area (Å²) in [4.78, 5) is 25.7. The van der Waals surface area contributed by atoms with Gasteiger partial charge in [-0.1, -0.05) is 19.3 Å². The van der Waals surface area contributed by atoms with Gasteiger partial charge >= 0.3 is 0 Å². The molecule has 1 amide bonds. The van der Waals surface area contributed by atoms with Crippen molar-refractivity contribution in [3.63, 3.8) is 0 Å². The Kier molecular flexibility index (Phi) is 4.76. The molecule has 1 saturated carbocycles. The van der Waals surface area contributed by atoms with Crippen molar-refractivity contribution in [3.8, 4) is 0 Å². The second-order valence-electron chi connectivity index (χ2n) is 7.44. The van der Waals surface area contributed by atoms with E-state index in [0.717, 1.165) is 42.8 Å². The van der Waals surface area contributed by atoms with E-state index in [1.165, 1.54) is 19.3 Å². The summed E-state index contributed by atoms with van der Waals surface area (Å²) in [5.74, 6) is 1.36. The number of aromatic nitrogens is 4. The van der Waals surface area contributed by atoms with Gasteiger partial charge in [-0.3, -0.25) is 9.48 Å². The lowest BCUT2D eigenvalue weighted by Crippen LogP contribution is -2.55. The molecule has 1 aliphatic heterocycles. The Hall–Kier alpha value is -2.22. The summed E-state index contributed by atoms with van der Waals surface area (Å²) in [6, 6.07) is -0.342. The molecule has 1 atom stereocenters. The Morgan fingerprint density at radius 1 is 1.15 bits per heavy atom. The van der Waals surface area contributed by atoms with Crippen LogP contribution in [0, 0.1) is 5.92 Å². The van der Waals surface area contributed by atoms with Crippen molar-refractivity contribution >= 4 is 22.8 Å². The maximum Gasteiger partial charge on any atom is 0.239 e. The van der Waals surface area contributed by atoms with Crippen LogP contribution in [0.15, 0.2) is 12.5 Å². The molecule has 1 saturated heterocycles. The standard InChI is InChI=1S/C18H27N7O/c1-23-16-14(11-22-23)17(21-12-20-16)24-7-9-25(10-8-24)18(26)15(19)13-5-3-2-4-6-13/h11-13,15H,2-10,19H2,1H3/t15-/m0/s1. The molecule has 0 aromatic carbocycles. The number of fused-ring (bicyclic) bond motifs is 1. The molecule has 140 valence electrons. The van der Waals surface area contributed by atoms with Crippen molar-refractivity contribution in [2.75, 3.05) is 31.1 Å². The SMILES string of the molecule is Cn1ncc2c(N3CCN(C(=O)[C@@H](N)C4CCCCC4)CC3)ncnc21. The molecular formula is C18H27N7O. The van der Waals surface area contributed by atoms with Gasteiger partial charge < -0.3 is 15.5 Å². The summed E-state index contributed by atoms with van der Waals surface area (Å²) in [5, 5.41) is 5.23. The minimum atomic E-state index is -0.342. The van der Waals surface area contributed by atoms with E-state index < -0.39 is 0 Å². The Morgan fingerprint density at radius 2 is 1.88 bits per heavy atom. The van der Waals surface area contributed by atoms with Crippen LogP contribution in [0.4, 0.5) is 5.82 Å². The normalized spacial score (nSPS) is 20.5. The van der Waals surface area contributed by atoms with Crippen LogP contribution in [0.25, 0.3) is 11.0 Å². The van der Waals surface area contributed by atoms with Crippen LogP contribution in [0.1, 0.15) is 32.1 Å². The van der Waals surface area contributed by atoms with Gasteiger partial charge in [-0.2, -0.15) is 5.10 Å². The zero-order chi connectivity index (χ0) is 18.1. The highest BCUT2D eigenvalue weighted by Crippen LogP contribution is 2.27. The number of aryl methyl sites for hydroxylation is 1. The molecule has 0 bridgehead atoms. The molecule has 2 aromatic rings. The number of rotatable bonds is 3. The van der Waals surface area contributed by atoms with Gasteiger partial charge in [-0.15, -0.1) is 0 Å². The van der Waals surface area contributed by atoms with Gasteiger partial charge in [-0.25, -0.2) is 9.97 Å². The first kappa shape index (κ1) is 17.2. The molecule has 3 heterocycles. The predicted molar refractivity (Wildman–Crippen MR) is 99.6 cm³/mol. The van der Waals surface area contributed by atoms with Crippen molar-refractivity contribution in [3.05, 3.63) is 12.5 Å². The van der Waals surface area contributed by atoms with Crippen molar-refractivity contribution in [1.29, 1.82) is 0 Å². The number of amides is 1. The zero-order valence-electron chi connectivity index (χ0n) is 15.3. The lowest BCUT2D eigenvalue weighted by Gasteiger charge is -2.38. The van der Waals surface area contributed by atoms with Crippen LogP contribution in [-0.2, 0) is 11.8 Å².